The van der Waals surface area contributed by atoms with E-state index in [1.807, 2.05) is 19.1 Å². The second-order valence-electron chi connectivity index (χ2n) is 11.0. The molecule has 3 unspecified atom stereocenters. The quantitative estimate of drug-likeness (QED) is 0.374. The molecule has 3 atom stereocenters. The number of benzene rings is 3. The molecule has 1 aliphatic carbocycles. The highest BCUT2D eigenvalue weighted by atomic mass is 16.3. The number of carbonyl (C=O) groups excluding carboxylic acids is 1. The minimum Gasteiger partial charge on any atom is -0.508 e. The van der Waals surface area contributed by atoms with Gasteiger partial charge in [-0.05, 0) is 121 Å². The van der Waals surface area contributed by atoms with Gasteiger partial charge in [-0.3, -0.25) is 4.79 Å². The zero-order valence-corrected chi connectivity index (χ0v) is 21.3. The number of hydrogen-bond donors (Lipinski definition) is 5. The highest BCUT2D eigenvalue weighted by molar-refractivity contribution is 5.83. The van der Waals surface area contributed by atoms with E-state index in [1.165, 1.54) is 16.7 Å². The van der Waals surface area contributed by atoms with Crippen molar-refractivity contribution >= 4 is 11.6 Å². The van der Waals surface area contributed by atoms with Gasteiger partial charge in [0.05, 0.1) is 12.1 Å². The van der Waals surface area contributed by atoms with Crippen molar-refractivity contribution in [2.24, 2.45) is 5.92 Å². The lowest BCUT2D eigenvalue weighted by Crippen LogP contribution is -2.47. The molecule has 37 heavy (non-hydrogen) atoms. The molecule has 6 heteroatoms. The Morgan fingerprint density at radius 3 is 2.76 bits per heavy atom. The van der Waals surface area contributed by atoms with Crippen LogP contribution in [0.25, 0.3) is 0 Å². The summed E-state index contributed by atoms with van der Waals surface area (Å²) in [6.07, 6.45) is 5.13. The summed E-state index contributed by atoms with van der Waals surface area (Å²) in [4.78, 5) is 13.5. The molecule has 3 aliphatic rings. The maximum Gasteiger partial charge on any atom is 0.237 e. The number of rotatable bonds is 4. The van der Waals surface area contributed by atoms with Crippen LogP contribution in [0.4, 0.5) is 5.69 Å². The fourth-order valence-electron chi connectivity index (χ4n) is 6.54. The number of nitrogens with one attached hydrogen (secondary N) is 3. The van der Waals surface area contributed by atoms with Gasteiger partial charge >= 0.3 is 0 Å². The van der Waals surface area contributed by atoms with E-state index in [-0.39, 0.29) is 18.0 Å². The fourth-order valence-corrected chi connectivity index (χ4v) is 6.54. The third-order valence-electron chi connectivity index (χ3n) is 8.39. The number of phenolic OH excluding ortho intramolecular Hbond substituents is 2. The van der Waals surface area contributed by atoms with Crippen LogP contribution in [0.2, 0.25) is 0 Å². The van der Waals surface area contributed by atoms with Crippen LogP contribution >= 0.6 is 0 Å². The van der Waals surface area contributed by atoms with Crippen molar-refractivity contribution in [3.05, 3.63) is 87.5 Å². The van der Waals surface area contributed by atoms with Gasteiger partial charge in [0.1, 0.15) is 11.5 Å². The van der Waals surface area contributed by atoms with Gasteiger partial charge < -0.3 is 26.2 Å². The predicted octanol–water partition coefficient (Wildman–Crippen LogP) is 4.09. The van der Waals surface area contributed by atoms with E-state index in [0.717, 1.165) is 66.6 Å². The Hall–Kier alpha value is -3.51. The minimum absolute atomic E-state index is 0.0287. The first kappa shape index (κ1) is 23.9. The molecule has 2 heterocycles. The first-order valence-corrected chi connectivity index (χ1v) is 13.5. The van der Waals surface area contributed by atoms with Crippen molar-refractivity contribution in [1.29, 1.82) is 0 Å². The molecule has 6 nitrogen and oxygen atoms in total. The third-order valence-corrected chi connectivity index (χ3v) is 8.39. The second-order valence-corrected chi connectivity index (χ2v) is 11.0. The van der Waals surface area contributed by atoms with Crippen LogP contribution in [0, 0.1) is 12.8 Å². The molecule has 0 saturated heterocycles. The number of fused-ring (bicyclic) bond motifs is 3. The van der Waals surface area contributed by atoms with E-state index >= 15 is 0 Å². The molecule has 0 fully saturated rings. The SMILES string of the molecule is Cc1cc(O)cc2c1CC(C(=O)NC1CCNc3ccc(CC4Cc5cccc(O)c5C4)cc31)NCC2. The van der Waals surface area contributed by atoms with Gasteiger partial charge in [0, 0.05) is 12.2 Å². The van der Waals surface area contributed by atoms with Crippen LogP contribution in [-0.4, -0.2) is 35.3 Å². The van der Waals surface area contributed by atoms with E-state index in [9.17, 15) is 15.0 Å². The highest BCUT2D eigenvalue weighted by Gasteiger charge is 2.29. The molecule has 6 rings (SSSR count). The molecule has 3 aromatic carbocycles. The van der Waals surface area contributed by atoms with Gasteiger partial charge in [0.15, 0.2) is 0 Å². The van der Waals surface area contributed by atoms with Gasteiger partial charge in [-0.15, -0.1) is 0 Å². The number of hydrogen-bond acceptors (Lipinski definition) is 5. The summed E-state index contributed by atoms with van der Waals surface area (Å²) in [6.45, 7) is 3.54. The number of anilines is 1. The van der Waals surface area contributed by atoms with E-state index in [4.69, 9.17) is 0 Å². The van der Waals surface area contributed by atoms with Gasteiger partial charge in [-0.1, -0.05) is 24.3 Å². The summed E-state index contributed by atoms with van der Waals surface area (Å²) in [7, 11) is 0. The van der Waals surface area contributed by atoms with Crippen LogP contribution in [0.5, 0.6) is 11.5 Å². The Bertz CT molecular complexity index is 1350. The van der Waals surface area contributed by atoms with Gasteiger partial charge in [0.25, 0.3) is 0 Å². The highest BCUT2D eigenvalue weighted by Crippen LogP contribution is 2.36. The molecular weight excluding hydrogens is 462 g/mol. The summed E-state index contributed by atoms with van der Waals surface area (Å²) in [5.41, 5.74) is 9.22. The average Bonchev–Trinajstić information content (AvgIpc) is 3.16. The Kier molecular flexibility index (Phi) is 6.29. The van der Waals surface area contributed by atoms with Gasteiger partial charge in [-0.2, -0.15) is 0 Å². The lowest BCUT2D eigenvalue weighted by atomic mass is 9.90. The predicted molar refractivity (Wildman–Crippen MR) is 145 cm³/mol. The van der Waals surface area contributed by atoms with Crippen molar-refractivity contribution in [1.82, 2.24) is 10.6 Å². The van der Waals surface area contributed by atoms with E-state index in [2.05, 4.69) is 40.2 Å². The number of aryl methyl sites for hydroxylation is 1. The van der Waals surface area contributed by atoms with Crippen molar-refractivity contribution in [3.8, 4) is 11.5 Å². The molecule has 0 aromatic heterocycles. The molecular formula is C31H35N3O3. The number of carbonyl (C=O) groups is 1. The molecule has 0 saturated carbocycles. The monoisotopic (exact) mass is 497 g/mol. The average molecular weight is 498 g/mol. The van der Waals surface area contributed by atoms with Crippen LogP contribution in [0.3, 0.4) is 0 Å². The van der Waals surface area contributed by atoms with E-state index in [1.54, 1.807) is 12.1 Å². The van der Waals surface area contributed by atoms with Crippen LogP contribution in [0.1, 0.15) is 51.4 Å². The number of aromatic hydroxyl groups is 2. The van der Waals surface area contributed by atoms with Gasteiger partial charge in [-0.25, -0.2) is 0 Å². The molecule has 0 spiro atoms. The largest absolute Gasteiger partial charge is 0.508 e. The first-order chi connectivity index (χ1) is 17.9. The smallest absolute Gasteiger partial charge is 0.237 e. The molecule has 3 aromatic rings. The van der Waals surface area contributed by atoms with Crippen molar-refractivity contribution in [2.45, 2.75) is 57.5 Å². The molecule has 0 radical (unpaired) electrons. The van der Waals surface area contributed by atoms with Gasteiger partial charge in [0.2, 0.25) is 5.91 Å². The minimum atomic E-state index is -0.296. The Morgan fingerprint density at radius 2 is 1.89 bits per heavy atom. The third kappa shape index (κ3) is 4.78. The zero-order valence-electron chi connectivity index (χ0n) is 21.3. The Morgan fingerprint density at radius 1 is 1.00 bits per heavy atom. The van der Waals surface area contributed by atoms with Crippen molar-refractivity contribution in [3.63, 3.8) is 0 Å². The van der Waals surface area contributed by atoms with Crippen LogP contribution in [0.15, 0.2) is 48.5 Å². The van der Waals surface area contributed by atoms with E-state index in [0.29, 0.717) is 30.4 Å². The standard InChI is InChI=1S/C31H35N3O3/c1-18-11-23(35)16-22-7-9-33-29(17-24(18)22)31(37)34-28-8-10-32-27-6-5-19(14-26(27)28)12-20-13-21-3-2-4-30(36)25(21)15-20/h2-6,11,14,16,20,28-29,32-33,35-36H,7-10,12-13,15,17H2,1H3,(H,34,37). The summed E-state index contributed by atoms with van der Waals surface area (Å²) >= 11 is 0. The van der Waals surface area contributed by atoms with Crippen molar-refractivity contribution < 1.29 is 15.0 Å². The van der Waals surface area contributed by atoms with E-state index < -0.39 is 0 Å². The first-order valence-electron chi connectivity index (χ1n) is 13.5. The Balaban J connectivity index is 1.17. The maximum atomic E-state index is 13.5. The molecule has 1 amide bonds. The summed E-state index contributed by atoms with van der Waals surface area (Å²) in [5.74, 6) is 1.22. The van der Waals surface area contributed by atoms with Crippen LogP contribution in [-0.2, 0) is 36.9 Å². The Labute approximate surface area is 218 Å². The molecule has 5 N–H and O–H groups in total. The molecule has 0 bridgehead atoms. The normalized spacial score (nSPS) is 22.2. The number of amides is 1. The fraction of sp³-hybridized carbons (Fsp3) is 0.387. The molecule has 2 aliphatic heterocycles. The van der Waals surface area contributed by atoms with Crippen LogP contribution < -0.4 is 16.0 Å². The number of phenols is 2. The second kappa shape index (κ2) is 9.75. The summed E-state index contributed by atoms with van der Waals surface area (Å²) < 4.78 is 0. The lowest BCUT2D eigenvalue weighted by molar-refractivity contribution is -0.123. The van der Waals surface area contributed by atoms with Crippen molar-refractivity contribution in [2.75, 3.05) is 18.4 Å². The summed E-state index contributed by atoms with van der Waals surface area (Å²) in [5, 5.41) is 30.5. The zero-order chi connectivity index (χ0) is 25.5. The lowest BCUT2D eigenvalue weighted by Gasteiger charge is -2.30. The topological polar surface area (TPSA) is 93.6 Å². The molecule has 192 valence electrons. The maximum absolute atomic E-state index is 13.5. The summed E-state index contributed by atoms with van der Waals surface area (Å²) in [6, 6.07) is 15.7.